The van der Waals surface area contributed by atoms with E-state index < -0.39 is 0 Å². The Hall–Kier alpha value is -2.78. The number of imidazole rings is 1. The summed E-state index contributed by atoms with van der Waals surface area (Å²) in [6.45, 7) is 5.17. The van der Waals surface area contributed by atoms with E-state index in [-0.39, 0.29) is 23.7 Å². The number of anilines is 1. The van der Waals surface area contributed by atoms with Gasteiger partial charge in [0.2, 0.25) is 0 Å². The number of para-hydroxylation sites is 2. The van der Waals surface area contributed by atoms with E-state index in [1.54, 1.807) is 20.5 Å². The zero-order chi connectivity index (χ0) is 20.5. The minimum atomic E-state index is -0.361. The lowest BCUT2D eigenvalue weighted by molar-refractivity contribution is 0.248. The molecule has 0 N–H and O–H groups in total. The van der Waals surface area contributed by atoms with Crippen LogP contribution < -0.4 is 20.9 Å². The van der Waals surface area contributed by atoms with Crippen molar-refractivity contribution < 1.29 is 4.74 Å². The summed E-state index contributed by atoms with van der Waals surface area (Å²) in [6.07, 6.45) is 1.65. The molecule has 1 aromatic carbocycles. The van der Waals surface area contributed by atoms with Gasteiger partial charge in [0.05, 0.1) is 19.1 Å². The van der Waals surface area contributed by atoms with Crippen molar-refractivity contribution in [3.8, 4) is 5.75 Å². The molecule has 1 aliphatic heterocycles. The first kappa shape index (κ1) is 21.9. The van der Waals surface area contributed by atoms with Crippen LogP contribution in [0.4, 0.5) is 5.69 Å². The number of ether oxygens (including phenoxy) is 1. The molecule has 1 saturated heterocycles. The van der Waals surface area contributed by atoms with E-state index in [4.69, 9.17) is 4.74 Å². The van der Waals surface area contributed by atoms with Crippen molar-refractivity contribution in [2.24, 2.45) is 14.1 Å². The molecule has 0 spiro atoms. The van der Waals surface area contributed by atoms with Crippen LogP contribution in [-0.2, 0) is 20.6 Å². The van der Waals surface area contributed by atoms with Crippen LogP contribution >= 0.6 is 12.4 Å². The molecule has 0 atom stereocenters. The fourth-order valence-corrected chi connectivity index (χ4v) is 3.92. The van der Waals surface area contributed by atoms with Gasteiger partial charge in [-0.25, -0.2) is 9.78 Å². The average Bonchev–Trinajstić information content (AvgIpc) is 3.19. The zero-order valence-corrected chi connectivity index (χ0v) is 18.3. The third-order valence-electron chi connectivity index (χ3n) is 5.67. The van der Waals surface area contributed by atoms with E-state index in [2.05, 4.69) is 20.9 Å². The first-order valence-electron chi connectivity index (χ1n) is 9.72. The summed E-state index contributed by atoms with van der Waals surface area (Å²) < 4.78 is 9.88. The summed E-state index contributed by atoms with van der Waals surface area (Å²) in [5.74, 6) is 0.896. The fourth-order valence-electron chi connectivity index (χ4n) is 3.92. The average molecular weight is 435 g/mol. The van der Waals surface area contributed by atoms with Gasteiger partial charge in [0.25, 0.3) is 5.56 Å². The van der Waals surface area contributed by atoms with Crippen molar-refractivity contribution in [2.75, 3.05) is 44.7 Å². The van der Waals surface area contributed by atoms with Crippen molar-refractivity contribution in [2.45, 2.75) is 6.54 Å². The number of methoxy groups -OCH3 is 1. The van der Waals surface area contributed by atoms with Crippen LogP contribution in [0.1, 0.15) is 0 Å². The Morgan fingerprint density at radius 1 is 1.00 bits per heavy atom. The first-order valence-corrected chi connectivity index (χ1v) is 9.72. The maximum absolute atomic E-state index is 12.6. The Morgan fingerprint density at radius 3 is 2.40 bits per heavy atom. The van der Waals surface area contributed by atoms with Gasteiger partial charge in [-0.15, -0.1) is 12.4 Å². The van der Waals surface area contributed by atoms with Crippen molar-refractivity contribution in [1.29, 1.82) is 0 Å². The molecule has 162 valence electrons. The number of nitrogens with zero attached hydrogens (tertiary/aromatic N) is 6. The molecule has 0 bridgehead atoms. The van der Waals surface area contributed by atoms with Crippen molar-refractivity contribution in [3.63, 3.8) is 0 Å². The lowest BCUT2D eigenvalue weighted by Crippen LogP contribution is -2.47. The van der Waals surface area contributed by atoms with Gasteiger partial charge < -0.3 is 14.2 Å². The Morgan fingerprint density at radius 2 is 1.70 bits per heavy atom. The number of benzene rings is 1. The first-order chi connectivity index (χ1) is 14.0. The van der Waals surface area contributed by atoms with Crippen LogP contribution in [0.2, 0.25) is 0 Å². The second-order valence-electron chi connectivity index (χ2n) is 7.32. The number of rotatable bonds is 5. The molecular weight excluding hydrogens is 408 g/mol. The van der Waals surface area contributed by atoms with Gasteiger partial charge in [-0.3, -0.25) is 18.8 Å². The van der Waals surface area contributed by atoms with Gasteiger partial charge in [0, 0.05) is 53.4 Å². The van der Waals surface area contributed by atoms with E-state index in [0.29, 0.717) is 17.7 Å². The minimum absolute atomic E-state index is 0. The lowest BCUT2D eigenvalue weighted by atomic mass is 10.2. The summed E-state index contributed by atoms with van der Waals surface area (Å²) in [5, 5.41) is 0. The molecule has 1 aliphatic rings. The summed E-state index contributed by atoms with van der Waals surface area (Å²) in [5.41, 5.74) is 1.36. The van der Waals surface area contributed by atoms with E-state index in [1.165, 1.54) is 11.6 Å². The molecule has 3 aromatic rings. The number of hydrogen-bond acceptors (Lipinski definition) is 6. The number of aromatic nitrogens is 4. The summed E-state index contributed by atoms with van der Waals surface area (Å²) in [4.78, 5) is 33.6. The molecule has 9 nitrogen and oxygen atoms in total. The highest BCUT2D eigenvalue weighted by molar-refractivity contribution is 5.85. The highest BCUT2D eigenvalue weighted by Crippen LogP contribution is 2.28. The van der Waals surface area contributed by atoms with Gasteiger partial charge in [-0.1, -0.05) is 12.1 Å². The van der Waals surface area contributed by atoms with Gasteiger partial charge >= 0.3 is 5.69 Å². The van der Waals surface area contributed by atoms with Crippen LogP contribution in [-0.4, -0.2) is 63.4 Å². The van der Waals surface area contributed by atoms with Gasteiger partial charge in [-0.2, -0.15) is 0 Å². The summed E-state index contributed by atoms with van der Waals surface area (Å²) >= 11 is 0. The molecule has 3 heterocycles. The third kappa shape index (κ3) is 3.82. The Kier molecular flexibility index (Phi) is 6.52. The largest absolute Gasteiger partial charge is 0.495 e. The molecule has 30 heavy (non-hydrogen) atoms. The number of hydrogen-bond donors (Lipinski definition) is 0. The van der Waals surface area contributed by atoms with Crippen LogP contribution in [0.5, 0.6) is 5.75 Å². The van der Waals surface area contributed by atoms with Crippen molar-refractivity contribution >= 4 is 29.3 Å². The number of piperazine rings is 1. The SMILES string of the molecule is COc1ccccc1N1CCN(CCn2cnc3c2c(=O)n(C)c(=O)n3C)CC1.Cl. The van der Waals surface area contributed by atoms with Crippen molar-refractivity contribution in [3.05, 3.63) is 51.4 Å². The normalized spacial score (nSPS) is 14.7. The summed E-state index contributed by atoms with van der Waals surface area (Å²) in [6, 6.07) is 8.09. The van der Waals surface area contributed by atoms with E-state index in [1.807, 2.05) is 22.8 Å². The van der Waals surface area contributed by atoms with Crippen molar-refractivity contribution in [1.82, 2.24) is 23.6 Å². The molecule has 0 amide bonds. The second kappa shape index (κ2) is 8.93. The maximum Gasteiger partial charge on any atom is 0.332 e. The van der Waals surface area contributed by atoms with E-state index in [9.17, 15) is 9.59 Å². The smallest absolute Gasteiger partial charge is 0.332 e. The van der Waals surface area contributed by atoms with Gasteiger partial charge in [0.1, 0.15) is 5.75 Å². The maximum atomic E-state index is 12.6. The van der Waals surface area contributed by atoms with E-state index in [0.717, 1.165) is 48.7 Å². The van der Waals surface area contributed by atoms with Crippen LogP contribution in [0.25, 0.3) is 11.2 Å². The predicted molar refractivity (Wildman–Crippen MR) is 119 cm³/mol. The monoisotopic (exact) mass is 434 g/mol. The highest BCUT2D eigenvalue weighted by Gasteiger charge is 2.20. The molecular formula is C20H27ClN6O3. The standard InChI is InChI=1S/C20H26N6O3.ClH/c1-22-18-17(19(27)23(2)20(22)28)26(14-21-18)13-10-24-8-11-25(12-9-24)15-6-4-5-7-16(15)29-3;/h4-7,14H,8-13H2,1-3H3;1H. The molecule has 2 aromatic heterocycles. The molecule has 4 rings (SSSR count). The quantitative estimate of drug-likeness (QED) is 0.588. The van der Waals surface area contributed by atoms with Gasteiger partial charge in [0.15, 0.2) is 11.2 Å². The Labute approximate surface area is 180 Å². The van der Waals surface area contributed by atoms with Gasteiger partial charge in [-0.05, 0) is 12.1 Å². The highest BCUT2D eigenvalue weighted by atomic mass is 35.5. The zero-order valence-electron chi connectivity index (χ0n) is 17.4. The molecule has 1 fully saturated rings. The number of aryl methyl sites for hydroxylation is 1. The molecule has 0 aliphatic carbocycles. The summed E-state index contributed by atoms with van der Waals surface area (Å²) in [7, 11) is 4.83. The Bertz CT molecular complexity index is 1140. The predicted octanol–water partition coefficient (Wildman–Crippen LogP) is 0.686. The minimum Gasteiger partial charge on any atom is -0.495 e. The number of fused-ring (bicyclic) bond motifs is 1. The topological polar surface area (TPSA) is 77.5 Å². The van der Waals surface area contributed by atoms with Crippen LogP contribution in [0.3, 0.4) is 0 Å². The Balaban J connectivity index is 0.00000256. The lowest BCUT2D eigenvalue weighted by Gasteiger charge is -2.36. The molecule has 0 unspecified atom stereocenters. The third-order valence-corrected chi connectivity index (χ3v) is 5.67. The van der Waals surface area contributed by atoms with E-state index >= 15 is 0 Å². The second-order valence-corrected chi connectivity index (χ2v) is 7.32. The molecule has 0 radical (unpaired) electrons. The number of halogens is 1. The fraction of sp³-hybridized carbons (Fsp3) is 0.450. The van der Waals surface area contributed by atoms with Crippen LogP contribution in [0, 0.1) is 0 Å². The molecule has 10 heteroatoms. The molecule has 0 saturated carbocycles. The van der Waals surface area contributed by atoms with Crippen LogP contribution in [0.15, 0.2) is 40.2 Å².